The van der Waals surface area contributed by atoms with Gasteiger partial charge in [0.2, 0.25) is 0 Å². The van der Waals surface area contributed by atoms with Gasteiger partial charge in [0.25, 0.3) is 0 Å². The molecule has 1 aromatic heterocycles. The van der Waals surface area contributed by atoms with E-state index in [9.17, 15) is 5.11 Å². The Morgan fingerprint density at radius 3 is 2.62 bits per heavy atom. The van der Waals surface area contributed by atoms with Crippen LogP contribution in [0.15, 0.2) is 23.6 Å². The van der Waals surface area contributed by atoms with Crippen LogP contribution in [0.25, 0.3) is 0 Å². The molecule has 1 atom stereocenters. The first-order chi connectivity index (χ1) is 7.68. The molecule has 1 aromatic rings. The molecule has 5 heteroatoms. The van der Waals surface area contributed by atoms with E-state index in [-0.39, 0.29) is 6.10 Å². The Bertz CT molecular complexity index is 282. The second-order valence-electron chi connectivity index (χ2n) is 4.05. The summed E-state index contributed by atoms with van der Waals surface area (Å²) in [5.41, 5.74) is 0. The van der Waals surface area contributed by atoms with E-state index in [1.54, 1.807) is 18.5 Å². The molecule has 0 fully saturated rings. The first-order valence-electron chi connectivity index (χ1n) is 5.47. The third-order valence-electron chi connectivity index (χ3n) is 1.88. The number of nitrogens with one attached hydrogen (secondary N) is 1. The summed E-state index contributed by atoms with van der Waals surface area (Å²) in [5, 5.41) is 13.6. The number of aliphatic hydroxyl groups is 1. The van der Waals surface area contributed by atoms with Gasteiger partial charge in [0.05, 0.1) is 6.10 Å². The predicted molar refractivity (Wildman–Crippen MR) is 66.5 cm³/mol. The van der Waals surface area contributed by atoms with Gasteiger partial charge in [-0.1, -0.05) is 25.6 Å². The molecular weight excluding hydrogens is 222 g/mol. The Morgan fingerprint density at radius 2 is 2.00 bits per heavy atom. The quantitative estimate of drug-likeness (QED) is 0.554. The fourth-order valence-electron chi connectivity index (χ4n) is 1.13. The molecule has 0 aliphatic carbocycles. The lowest BCUT2D eigenvalue weighted by Gasteiger charge is -2.12. The molecule has 0 saturated heterocycles. The fourth-order valence-corrected chi connectivity index (χ4v) is 1.86. The van der Waals surface area contributed by atoms with Gasteiger partial charge in [0, 0.05) is 24.7 Å². The largest absolute Gasteiger partial charge is 0.391 e. The lowest BCUT2D eigenvalue weighted by atomic mass is 10.2. The Morgan fingerprint density at radius 1 is 1.31 bits per heavy atom. The topological polar surface area (TPSA) is 58.0 Å². The van der Waals surface area contributed by atoms with E-state index in [0.717, 1.165) is 6.54 Å². The van der Waals surface area contributed by atoms with Crippen LogP contribution in [-0.2, 0) is 0 Å². The van der Waals surface area contributed by atoms with Gasteiger partial charge in [-0.05, 0) is 18.5 Å². The van der Waals surface area contributed by atoms with Crippen LogP contribution < -0.4 is 5.32 Å². The smallest absolute Gasteiger partial charge is 0.187 e. The van der Waals surface area contributed by atoms with E-state index in [0.29, 0.717) is 23.4 Å². The highest BCUT2D eigenvalue weighted by molar-refractivity contribution is 7.99. The summed E-state index contributed by atoms with van der Waals surface area (Å²) in [6.45, 7) is 5.85. The summed E-state index contributed by atoms with van der Waals surface area (Å²) in [7, 11) is 0. The number of hydrogen-bond donors (Lipinski definition) is 2. The first kappa shape index (κ1) is 13.4. The van der Waals surface area contributed by atoms with Crippen LogP contribution in [0, 0.1) is 5.92 Å². The SMILES string of the molecule is CC(C)CNCC(O)CSc1ncccn1. The number of thioether (sulfide) groups is 1. The number of nitrogens with zero attached hydrogens (tertiary/aromatic N) is 2. The normalized spacial score (nSPS) is 13.0. The number of aromatic nitrogens is 2. The Labute approximate surface area is 101 Å². The molecule has 1 heterocycles. The molecule has 0 aromatic carbocycles. The molecule has 1 unspecified atom stereocenters. The van der Waals surface area contributed by atoms with Crippen molar-refractivity contribution in [1.29, 1.82) is 0 Å². The highest BCUT2D eigenvalue weighted by Gasteiger charge is 2.06. The third-order valence-corrected chi connectivity index (χ3v) is 2.90. The second-order valence-corrected chi connectivity index (χ2v) is 5.04. The van der Waals surface area contributed by atoms with Crippen molar-refractivity contribution in [3.8, 4) is 0 Å². The Balaban J connectivity index is 2.13. The molecule has 0 aliphatic heterocycles. The average molecular weight is 241 g/mol. The van der Waals surface area contributed by atoms with Crippen LogP contribution in [0.2, 0.25) is 0 Å². The van der Waals surface area contributed by atoms with Gasteiger partial charge in [-0.25, -0.2) is 9.97 Å². The van der Waals surface area contributed by atoms with E-state index < -0.39 is 0 Å². The summed E-state index contributed by atoms with van der Waals surface area (Å²) >= 11 is 1.48. The van der Waals surface area contributed by atoms with Crippen molar-refractivity contribution in [2.24, 2.45) is 5.92 Å². The molecule has 0 bridgehead atoms. The van der Waals surface area contributed by atoms with Gasteiger partial charge in [-0.3, -0.25) is 0 Å². The van der Waals surface area contributed by atoms with Gasteiger partial charge in [-0.15, -0.1) is 0 Å². The lowest BCUT2D eigenvalue weighted by molar-refractivity contribution is 0.194. The van der Waals surface area contributed by atoms with Crippen LogP contribution in [0.5, 0.6) is 0 Å². The van der Waals surface area contributed by atoms with Crippen molar-refractivity contribution in [2.45, 2.75) is 25.1 Å². The van der Waals surface area contributed by atoms with Crippen LogP contribution in [-0.4, -0.2) is 40.0 Å². The summed E-state index contributed by atoms with van der Waals surface area (Å²) < 4.78 is 0. The minimum Gasteiger partial charge on any atom is -0.391 e. The maximum absolute atomic E-state index is 9.68. The molecule has 90 valence electrons. The van der Waals surface area contributed by atoms with Crippen molar-refractivity contribution in [2.75, 3.05) is 18.8 Å². The third kappa shape index (κ3) is 6.05. The van der Waals surface area contributed by atoms with E-state index >= 15 is 0 Å². The fraction of sp³-hybridized carbons (Fsp3) is 0.636. The molecular formula is C11H19N3OS. The minimum absolute atomic E-state index is 0.354. The van der Waals surface area contributed by atoms with E-state index in [1.807, 2.05) is 0 Å². The molecule has 1 rings (SSSR count). The Hall–Kier alpha value is -0.650. The number of aliphatic hydroxyl groups excluding tert-OH is 1. The van der Waals surface area contributed by atoms with Crippen LogP contribution in [0.4, 0.5) is 0 Å². The Kier molecular flexibility index (Phi) is 6.37. The van der Waals surface area contributed by atoms with E-state index in [4.69, 9.17) is 0 Å². The second kappa shape index (κ2) is 7.60. The number of hydrogen-bond acceptors (Lipinski definition) is 5. The van der Waals surface area contributed by atoms with Crippen LogP contribution >= 0.6 is 11.8 Å². The van der Waals surface area contributed by atoms with E-state index in [1.165, 1.54) is 11.8 Å². The molecule has 2 N–H and O–H groups in total. The first-order valence-corrected chi connectivity index (χ1v) is 6.45. The minimum atomic E-state index is -0.354. The zero-order valence-electron chi connectivity index (χ0n) is 9.76. The molecule has 0 saturated carbocycles. The monoisotopic (exact) mass is 241 g/mol. The average Bonchev–Trinajstić information content (AvgIpc) is 2.27. The standard InChI is InChI=1S/C11H19N3OS/c1-9(2)6-12-7-10(15)8-16-11-13-4-3-5-14-11/h3-5,9-10,12,15H,6-8H2,1-2H3. The molecule has 0 radical (unpaired) electrons. The van der Waals surface area contributed by atoms with Crippen LogP contribution in [0.3, 0.4) is 0 Å². The predicted octanol–water partition coefficient (Wildman–Crippen LogP) is 1.18. The van der Waals surface area contributed by atoms with Gasteiger partial charge >= 0.3 is 0 Å². The molecule has 0 amide bonds. The molecule has 16 heavy (non-hydrogen) atoms. The van der Waals surface area contributed by atoms with Gasteiger partial charge in [0.15, 0.2) is 5.16 Å². The van der Waals surface area contributed by atoms with Gasteiger partial charge in [0.1, 0.15) is 0 Å². The van der Waals surface area contributed by atoms with Crippen molar-refractivity contribution >= 4 is 11.8 Å². The molecule has 0 aliphatic rings. The molecule has 0 spiro atoms. The summed E-state index contributed by atoms with van der Waals surface area (Å²) in [4.78, 5) is 8.16. The van der Waals surface area contributed by atoms with Crippen molar-refractivity contribution in [3.05, 3.63) is 18.5 Å². The highest BCUT2D eigenvalue weighted by atomic mass is 32.2. The van der Waals surface area contributed by atoms with Crippen molar-refractivity contribution in [1.82, 2.24) is 15.3 Å². The van der Waals surface area contributed by atoms with Gasteiger partial charge in [-0.2, -0.15) is 0 Å². The molecule has 4 nitrogen and oxygen atoms in total. The summed E-state index contributed by atoms with van der Waals surface area (Å²) in [5.74, 6) is 1.23. The van der Waals surface area contributed by atoms with Gasteiger partial charge < -0.3 is 10.4 Å². The maximum Gasteiger partial charge on any atom is 0.187 e. The summed E-state index contributed by atoms with van der Waals surface area (Å²) in [6.07, 6.45) is 3.06. The lowest BCUT2D eigenvalue weighted by Crippen LogP contribution is -2.31. The zero-order valence-corrected chi connectivity index (χ0v) is 10.6. The van der Waals surface area contributed by atoms with Crippen molar-refractivity contribution in [3.63, 3.8) is 0 Å². The maximum atomic E-state index is 9.68. The van der Waals surface area contributed by atoms with E-state index in [2.05, 4.69) is 29.1 Å². The zero-order chi connectivity index (χ0) is 11.8. The summed E-state index contributed by atoms with van der Waals surface area (Å²) in [6, 6.07) is 1.78. The van der Waals surface area contributed by atoms with Crippen molar-refractivity contribution < 1.29 is 5.11 Å². The van der Waals surface area contributed by atoms with Crippen LogP contribution in [0.1, 0.15) is 13.8 Å². The number of rotatable bonds is 7. The highest BCUT2D eigenvalue weighted by Crippen LogP contribution is 2.11.